The summed E-state index contributed by atoms with van der Waals surface area (Å²) in [6, 6.07) is 3.92. The molecule has 8 heteroatoms. The monoisotopic (exact) mass is 340 g/mol. The Morgan fingerprint density at radius 3 is 2.60 bits per heavy atom. The molecule has 3 N–H and O–H groups in total. The Morgan fingerprint density at radius 1 is 1.16 bits per heavy atom. The Kier molecular flexibility index (Phi) is 4.19. The molecule has 1 saturated carbocycles. The molecule has 3 heterocycles. The minimum atomic E-state index is -0.655. The van der Waals surface area contributed by atoms with Gasteiger partial charge in [-0.05, 0) is 37.8 Å². The van der Waals surface area contributed by atoms with Crippen molar-refractivity contribution in [3.05, 3.63) is 35.8 Å². The van der Waals surface area contributed by atoms with Crippen LogP contribution in [0.3, 0.4) is 0 Å². The van der Waals surface area contributed by atoms with E-state index < -0.39 is 5.91 Å². The second-order valence-corrected chi connectivity index (χ2v) is 6.44. The smallest absolute Gasteiger partial charge is 0.279 e. The molecule has 8 nitrogen and oxygen atoms in total. The summed E-state index contributed by atoms with van der Waals surface area (Å²) >= 11 is 0. The van der Waals surface area contributed by atoms with Crippen LogP contribution in [0.25, 0.3) is 0 Å². The van der Waals surface area contributed by atoms with E-state index in [1.165, 1.54) is 19.0 Å². The van der Waals surface area contributed by atoms with Crippen LogP contribution in [0.1, 0.15) is 47.7 Å². The Balaban J connectivity index is 1.62. The lowest BCUT2D eigenvalue weighted by atomic mass is 10.2. The summed E-state index contributed by atoms with van der Waals surface area (Å²) in [7, 11) is 0. The lowest BCUT2D eigenvalue weighted by Crippen LogP contribution is -2.24. The Morgan fingerprint density at radius 2 is 1.96 bits per heavy atom. The fraction of sp³-hybridized carbons (Fsp3) is 0.412. The van der Waals surface area contributed by atoms with Crippen molar-refractivity contribution in [2.75, 3.05) is 23.3 Å². The second-order valence-electron chi connectivity index (χ2n) is 6.44. The molecular formula is C17H20N6O2. The van der Waals surface area contributed by atoms with Gasteiger partial charge in [-0.25, -0.2) is 10.5 Å². The van der Waals surface area contributed by atoms with Gasteiger partial charge in [0.15, 0.2) is 0 Å². The SMILES string of the molecule is O=C(NO)c1cnc(N2CCCC2)nc1Nc1ccc(C2CC2)nc1. The third kappa shape index (κ3) is 3.39. The summed E-state index contributed by atoms with van der Waals surface area (Å²) in [6.07, 6.45) is 7.79. The van der Waals surface area contributed by atoms with Crippen molar-refractivity contribution in [3.8, 4) is 0 Å². The molecule has 1 aliphatic heterocycles. The third-order valence-electron chi connectivity index (χ3n) is 4.56. The average molecular weight is 340 g/mol. The molecule has 2 aromatic rings. The highest BCUT2D eigenvalue weighted by molar-refractivity contribution is 5.98. The minimum Gasteiger partial charge on any atom is -0.341 e. The van der Waals surface area contributed by atoms with Crippen molar-refractivity contribution < 1.29 is 10.0 Å². The minimum absolute atomic E-state index is 0.178. The van der Waals surface area contributed by atoms with Crippen molar-refractivity contribution in [1.82, 2.24) is 20.4 Å². The molecule has 2 aromatic heterocycles. The second kappa shape index (κ2) is 6.64. The highest BCUT2D eigenvalue weighted by Gasteiger charge is 2.25. The maximum absolute atomic E-state index is 11.9. The number of rotatable bonds is 5. The number of nitrogens with one attached hydrogen (secondary N) is 2. The van der Waals surface area contributed by atoms with Crippen LogP contribution in [-0.4, -0.2) is 39.2 Å². The van der Waals surface area contributed by atoms with E-state index in [1.54, 1.807) is 11.7 Å². The average Bonchev–Trinajstić information content (AvgIpc) is 3.35. The van der Waals surface area contributed by atoms with Gasteiger partial charge in [-0.3, -0.25) is 15.0 Å². The first kappa shape index (κ1) is 15.8. The van der Waals surface area contributed by atoms with E-state index in [0.717, 1.165) is 37.3 Å². The number of anilines is 3. The Hall–Kier alpha value is -2.74. The summed E-state index contributed by atoms with van der Waals surface area (Å²) in [5.41, 5.74) is 3.65. The zero-order valence-corrected chi connectivity index (χ0v) is 13.8. The van der Waals surface area contributed by atoms with Gasteiger partial charge in [0.1, 0.15) is 11.4 Å². The number of hydrogen-bond acceptors (Lipinski definition) is 7. The predicted octanol–water partition coefficient (Wildman–Crippen LogP) is 2.21. The van der Waals surface area contributed by atoms with Gasteiger partial charge in [0, 0.05) is 30.9 Å². The maximum Gasteiger partial charge on any atom is 0.279 e. The van der Waals surface area contributed by atoms with E-state index >= 15 is 0 Å². The standard InChI is InChI=1S/C17H20N6O2/c24-16(22-25)13-10-19-17(23-7-1-2-8-23)21-15(13)20-12-5-6-14(18-9-12)11-3-4-11/h5-6,9-11,25H,1-4,7-8H2,(H,22,24)(H,19,20,21). The van der Waals surface area contributed by atoms with Crippen LogP contribution >= 0.6 is 0 Å². The number of aromatic nitrogens is 3. The van der Waals surface area contributed by atoms with Crippen molar-refractivity contribution in [3.63, 3.8) is 0 Å². The number of hydrogen-bond donors (Lipinski definition) is 3. The largest absolute Gasteiger partial charge is 0.341 e. The molecule has 1 saturated heterocycles. The molecule has 130 valence electrons. The van der Waals surface area contributed by atoms with Gasteiger partial charge in [-0.2, -0.15) is 4.98 Å². The van der Waals surface area contributed by atoms with E-state index in [4.69, 9.17) is 5.21 Å². The fourth-order valence-electron chi connectivity index (χ4n) is 3.00. The van der Waals surface area contributed by atoms with Gasteiger partial charge >= 0.3 is 0 Å². The molecular weight excluding hydrogens is 320 g/mol. The lowest BCUT2D eigenvalue weighted by molar-refractivity contribution is 0.0706. The van der Waals surface area contributed by atoms with Gasteiger partial charge in [-0.15, -0.1) is 0 Å². The van der Waals surface area contributed by atoms with Gasteiger partial charge in [-0.1, -0.05) is 0 Å². The molecule has 2 fully saturated rings. The number of hydroxylamine groups is 1. The highest BCUT2D eigenvalue weighted by Crippen LogP contribution is 2.39. The van der Waals surface area contributed by atoms with Crippen molar-refractivity contribution in [1.29, 1.82) is 0 Å². The first-order chi connectivity index (χ1) is 12.2. The number of pyridine rings is 1. The molecule has 0 atom stereocenters. The maximum atomic E-state index is 11.9. The Labute approximate surface area is 145 Å². The first-order valence-corrected chi connectivity index (χ1v) is 8.54. The summed E-state index contributed by atoms with van der Waals surface area (Å²) < 4.78 is 0. The van der Waals surface area contributed by atoms with Crippen LogP contribution in [0, 0.1) is 0 Å². The summed E-state index contributed by atoms with van der Waals surface area (Å²) in [5, 5.41) is 12.1. The molecule has 1 aliphatic carbocycles. The fourth-order valence-corrected chi connectivity index (χ4v) is 3.00. The van der Waals surface area contributed by atoms with Crippen LogP contribution in [-0.2, 0) is 0 Å². The number of amides is 1. The topological polar surface area (TPSA) is 103 Å². The van der Waals surface area contributed by atoms with Gasteiger partial charge < -0.3 is 10.2 Å². The molecule has 0 radical (unpaired) electrons. The number of carbonyl (C=O) groups excluding carboxylic acids is 1. The van der Waals surface area contributed by atoms with Crippen molar-refractivity contribution >= 4 is 23.4 Å². The van der Waals surface area contributed by atoms with E-state index in [0.29, 0.717) is 17.7 Å². The van der Waals surface area contributed by atoms with E-state index in [1.807, 2.05) is 12.1 Å². The van der Waals surface area contributed by atoms with E-state index in [9.17, 15) is 4.79 Å². The Bertz CT molecular complexity index is 769. The zero-order chi connectivity index (χ0) is 17.2. The molecule has 0 aromatic carbocycles. The molecule has 0 unspecified atom stereocenters. The quantitative estimate of drug-likeness (QED) is 0.566. The molecule has 25 heavy (non-hydrogen) atoms. The van der Waals surface area contributed by atoms with Crippen molar-refractivity contribution in [2.24, 2.45) is 0 Å². The van der Waals surface area contributed by atoms with Crippen LogP contribution in [0.4, 0.5) is 17.5 Å². The summed E-state index contributed by atoms with van der Waals surface area (Å²) in [6.45, 7) is 1.81. The van der Waals surface area contributed by atoms with Crippen LogP contribution < -0.4 is 15.7 Å². The van der Waals surface area contributed by atoms with Crippen LogP contribution in [0.2, 0.25) is 0 Å². The molecule has 1 amide bonds. The highest BCUT2D eigenvalue weighted by atomic mass is 16.5. The van der Waals surface area contributed by atoms with Gasteiger partial charge in [0.25, 0.3) is 5.91 Å². The third-order valence-corrected chi connectivity index (χ3v) is 4.56. The van der Waals surface area contributed by atoms with Crippen LogP contribution in [0.5, 0.6) is 0 Å². The number of carbonyl (C=O) groups is 1. The number of nitrogens with zero attached hydrogens (tertiary/aromatic N) is 4. The molecule has 4 rings (SSSR count). The van der Waals surface area contributed by atoms with E-state index in [-0.39, 0.29) is 5.56 Å². The summed E-state index contributed by atoms with van der Waals surface area (Å²) in [5.74, 6) is 0.866. The normalized spacial score (nSPS) is 16.8. The predicted molar refractivity (Wildman–Crippen MR) is 92.2 cm³/mol. The van der Waals surface area contributed by atoms with Gasteiger partial charge in [0.05, 0.1) is 11.9 Å². The van der Waals surface area contributed by atoms with Crippen molar-refractivity contribution in [2.45, 2.75) is 31.6 Å². The molecule has 0 spiro atoms. The molecule has 2 aliphatic rings. The zero-order valence-electron chi connectivity index (χ0n) is 13.8. The van der Waals surface area contributed by atoms with Crippen LogP contribution in [0.15, 0.2) is 24.5 Å². The lowest BCUT2D eigenvalue weighted by Gasteiger charge is -2.17. The first-order valence-electron chi connectivity index (χ1n) is 8.54. The molecule has 0 bridgehead atoms. The van der Waals surface area contributed by atoms with E-state index in [2.05, 4.69) is 25.2 Å². The van der Waals surface area contributed by atoms with Gasteiger partial charge in [0.2, 0.25) is 5.95 Å². The summed E-state index contributed by atoms with van der Waals surface area (Å²) in [4.78, 5) is 27.2.